The third-order valence-corrected chi connectivity index (χ3v) is 4.43. The van der Waals surface area contributed by atoms with Crippen molar-refractivity contribution >= 4 is 10.1 Å². The SMILES string of the molecule is CCCc1cc(S(=O)(=O)O)c2cc(C(C)C)cccc1-2. The highest BCUT2D eigenvalue weighted by atomic mass is 32.2. The fourth-order valence-electron chi connectivity index (χ4n) is 2.48. The fraction of sp³-hybridized carbons (Fsp3) is 0.375. The van der Waals surface area contributed by atoms with E-state index in [2.05, 4.69) is 20.8 Å². The van der Waals surface area contributed by atoms with E-state index in [0.717, 1.165) is 29.5 Å². The lowest BCUT2D eigenvalue weighted by Crippen LogP contribution is -1.97. The molecule has 0 fully saturated rings. The van der Waals surface area contributed by atoms with Crippen molar-refractivity contribution < 1.29 is 13.0 Å². The van der Waals surface area contributed by atoms with E-state index in [9.17, 15) is 13.0 Å². The molecule has 4 heteroatoms. The zero-order chi connectivity index (χ0) is 14.9. The van der Waals surface area contributed by atoms with Gasteiger partial charge in [0, 0.05) is 5.56 Å². The predicted octanol–water partition coefficient (Wildman–Crippen LogP) is 4.11. The van der Waals surface area contributed by atoms with E-state index in [1.165, 1.54) is 0 Å². The summed E-state index contributed by atoms with van der Waals surface area (Å²) in [4.78, 5) is 0.0223. The lowest BCUT2D eigenvalue weighted by atomic mass is 10.0. The first kappa shape index (κ1) is 15.0. The second kappa shape index (κ2) is 5.54. The monoisotopic (exact) mass is 292 g/mol. The van der Waals surface area contributed by atoms with Gasteiger partial charge in [0.25, 0.3) is 10.1 Å². The first-order chi connectivity index (χ1) is 9.34. The Kier molecular flexibility index (Phi) is 4.16. The van der Waals surface area contributed by atoms with Crippen LogP contribution in [0.15, 0.2) is 35.2 Å². The van der Waals surface area contributed by atoms with Crippen LogP contribution in [0, 0.1) is 0 Å². The molecule has 0 radical (unpaired) electrons. The third kappa shape index (κ3) is 2.86. The number of fused-ring (bicyclic) bond motifs is 1. The molecule has 0 atom stereocenters. The Bertz CT molecular complexity index is 687. The summed E-state index contributed by atoms with van der Waals surface area (Å²) in [5.41, 5.74) is 3.55. The Labute approximate surface area is 120 Å². The van der Waals surface area contributed by atoms with E-state index in [4.69, 9.17) is 0 Å². The van der Waals surface area contributed by atoms with Gasteiger partial charge in [0.2, 0.25) is 0 Å². The highest BCUT2D eigenvalue weighted by Crippen LogP contribution is 2.37. The minimum absolute atomic E-state index is 0.0223. The Morgan fingerprint density at radius 1 is 1.15 bits per heavy atom. The summed E-state index contributed by atoms with van der Waals surface area (Å²) in [6.07, 6.45) is 1.73. The van der Waals surface area contributed by atoms with E-state index in [1.807, 2.05) is 24.3 Å². The Balaban J connectivity index is 2.76. The van der Waals surface area contributed by atoms with Crippen LogP contribution >= 0.6 is 0 Å². The van der Waals surface area contributed by atoms with Gasteiger partial charge < -0.3 is 0 Å². The molecule has 0 amide bonds. The van der Waals surface area contributed by atoms with Crippen molar-refractivity contribution in [1.82, 2.24) is 0 Å². The zero-order valence-electron chi connectivity index (χ0n) is 12.1. The van der Waals surface area contributed by atoms with Gasteiger partial charge in [0.05, 0.1) is 0 Å². The lowest BCUT2D eigenvalue weighted by Gasteiger charge is -2.04. The third-order valence-electron chi connectivity index (χ3n) is 3.53. The van der Waals surface area contributed by atoms with Crippen LogP contribution in [-0.2, 0) is 16.5 Å². The molecule has 0 saturated carbocycles. The molecular weight excluding hydrogens is 272 g/mol. The average molecular weight is 292 g/mol. The number of aryl methyl sites for hydroxylation is 1. The van der Waals surface area contributed by atoms with E-state index in [1.54, 1.807) is 6.07 Å². The molecule has 20 heavy (non-hydrogen) atoms. The standard InChI is InChI=1S/C16H20O3S/c1-4-6-13-10-16(20(17,18)19)15-9-12(11(2)3)7-5-8-14(13)15/h5,7-11H,4,6H2,1-3H3,(H,17,18,19). The summed E-state index contributed by atoms with van der Waals surface area (Å²) in [5.74, 6) is 0.296. The van der Waals surface area contributed by atoms with Crippen molar-refractivity contribution in [2.24, 2.45) is 0 Å². The highest BCUT2D eigenvalue weighted by Gasteiger charge is 2.23. The van der Waals surface area contributed by atoms with Gasteiger partial charge in [0.1, 0.15) is 4.90 Å². The van der Waals surface area contributed by atoms with Gasteiger partial charge in [-0.2, -0.15) is 8.42 Å². The van der Waals surface area contributed by atoms with Gasteiger partial charge >= 0.3 is 0 Å². The van der Waals surface area contributed by atoms with Gasteiger partial charge in [-0.1, -0.05) is 45.4 Å². The van der Waals surface area contributed by atoms with Crippen LogP contribution in [0.3, 0.4) is 0 Å². The summed E-state index contributed by atoms with van der Waals surface area (Å²) >= 11 is 0. The number of hydrogen-bond acceptors (Lipinski definition) is 2. The second-order valence-corrected chi connectivity index (χ2v) is 6.80. The smallest absolute Gasteiger partial charge is 0.282 e. The lowest BCUT2D eigenvalue weighted by molar-refractivity contribution is 0.484. The Morgan fingerprint density at radius 3 is 2.40 bits per heavy atom. The second-order valence-electron chi connectivity index (χ2n) is 5.41. The largest absolute Gasteiger partial charge is 0.295 e. The maximum Gasteiger partial charge on any atom is 0.295 e. The molecule has 0 aromatic carbocycles. The van der Waals surface area contributed by atoms with E-state index in [-0.39, 0.29) is 4.90 Å². The molecule has 2 aliphatic carbocycles. The quantitative estimate of drug-likeness (QED) is 0.863. The van der Waals surface area contributed by atoms with Crippen LogP contribution in [0.5, 0.6) is 0 Å². The molecule has 0 saturated heterocycles. The minimum Gasteiger partial charge on any atom is -0.282 e. The average Bonchev–Trinajstić information content (AvgIpc) is 2.56. The number of rotatable bonds is 4. The van der Waals surface area contributed by atoms with Gasteiger partial charge in [0.15, 0.2) is 0 Å². The van der Waals surface area contributed by atoms with Crippen molar-refractivity contribution in [1.29, 1.82) is 0 Å². The normalized spacial score (nSPS) is 12.2. The molecule has 0 bridgehead atoms. The Hall–Kier alpha value is -1.39. The predicted molar refractivity (Wildman–Crippen MR) is 81.0 cm³/mol. The highest BCUT2D eigenvalue weighted by molar-refractivity contribution is 7.86. The molecule has 0 aliphatic heterocycles. The zero-order valence-corrected chi connectivity index (χ0v) is 12.9. The van der Waals surface area contributed by atoms with Crippen LogP contribution in [0.4, 0.5) is 0 Å². The molecule has 1 N–H and O–H groups in total. The molecule has 2 aliphatic rings. The molecule has 2 rings (SSSR count). The molecule has 3 nitrogen and oxygen atoms in total. The van der Waals surface area contributed by atoms with Crippen LogP contribution in [0.2, 0.25) is 0 Å². The topological polar surface area (TPSA) is 54.4 Å². The van der Waals surface area contributed by atoms with Crippen LogP contribution in [0.1, 0.15) is 44.2 Å². The molecular formula is C16H20O3S. The maximum atomic E-state index is 11.6. The van der Waals surface area contributed by atoms with Crippen molar-refractivity contribution in [2.75, 3.05) is 0 Å². The summed E-state index contributed by atoms with van der Waals surface area (Å²) in [6, 6.07) is 9.36. The molecule has 0 heterocycles. The van der Waals surface area contributed by atoms with E-state index >= 15 is 0 Å². The number of hydrogen-bond donors (Lipinski definition) is 1. The van der Waals surface area contributed by atoms with Crippen LogP contribution in [-0.4, -0.2) is 13.0 Å². The molecule has 0 unspecified atom stereocenters. The van der Waals surface area contributed by atoms with Gasteiger partial charge in [-0.15, -0.1) is 0 Å². The summed E-state index contributed by atoms with van der Waals surface area (Å²) < 4.78 is 32.7. The maximum absolute atomic E-state index is 11.6. The van der Waals surface area contributed by atoms with Gasteiger partial charge in [-0.25, -0.2) is 0 Å². The fourth-order valence-corrected chi connectivity index (χ4v) is 3.22. The van der Waals surface area contributed by atoms with Gasteiger partial charge in [-0.05, 0) is 41.2 Å². The first-order valence-corrected chi connectivity index (χ1v) is 8.31. The summed E-state index contributed by atoms with van der Waals surface area (Å²) in [6.45, 7) is 6.17. The minimum atomic E-state index is -4.20. The Morgan fingerprint density at radius 2 is 1.85 bits per heavy atom. The van der Waals surface area contributed by atoms with Crippen LogP contribution in [0.25, 0.3) is 11.1 Å². The first-order valence-electron chi connectivity index (χ1n) is 6.87. The molecule has 0 aromatic rings. The van der Waals surface area contributed by atoms with Crippen molar-refractivity contribution in [3.63, 3.8) is 0 Å². The summed E-state index contributed by atoms with van der Waals surface area (Å²) in [5, 5.41) is 0. The molecule has 0 aromatic heterocycles. The van der Waals surface area contributed by atoms with Gasteiger partial charge in [-0.3, -0.25) is 4.55 Å². The molecule has 0 spiro atoms. The van der Waals surface area contributed by atoms with Crippen molar-refractivity contribution in [3.8, 4) is 11.1 Å². The van der Waals surface area contributed by atoms with Crippen LogP contribution < -0.4 is 0 Å². The van der Waals surface area contributed by atoms with E-state index in [0.29, 0.717) is 11.5 Å². The van der Waals surface area contributed by atoms with E-state index < -0.39 is 10.1 Å². The summed E-state index contributed by atoms with van der Waals surface area (Å²) in [7, 11) is -4.20. The van der Waals surface area contributed by atoms with Crippen molar-refractivity contribution in [2.45, 2.75) is 44.4 Å². The molecule has 108 valence electrons. The van der Waals surface area contributed by atoms with Crippen molar-refractivity contribution in [3.05, 3.63) is 41.5 Å².